The first kappa shape index (κ1) is 16.6. The van der Waals surface area contributed by atoms with E-state index in [-0.39, 0.29) is 0 Å². The molecule has 1 aromatic carbocycles. The average Bonchev–Trinajstić information content (AvgIpc) is 3.01. The molecule has 140 valence electrons. The Morgan fingerprint density at radius 3 is 2.42 bits per heavy atom. The molecule has 2 unspecified atom stereocenters. The van der Waals surface area contributed by atoms with Crippen LogP contribution in [0.2, 0.25) is 0 Å². The number of hydrogen-bond donors (Lipinski definition) is 0. The van der Waals surface area contributed by atoms with E-state index >= 15 is 0 Å². The first-order valence-corrected chi connectivity index (χ1v) is 11.0. The van der Waals surface area contributed by atoms with Gasteiger partial charge < -0.3 is 9.80 Å². The number of anilines is 1. The third-order valence-electron chi connectivity index (χ3n) is 7.43. The first-order chi connectivity index (χ1) is 12.8. The number of piperidine rings is 2. The van der Waals surface area contributed by atoms with Crippen molar-refractivity contribution in [1.29, 1.82) is 0 Å². The minimum Gasteiger partial charge on any atom is -0.372 e. The largest absolute Gasteiger partial charge is 0.372 e. The first-order valence-electron chi connectivity index (χ1n) is 11.0. The molecule has 1 amide bonds. The number of nitrogens with zero attached hydrogens (tertiary/aromatic N) is 2. The van der Waals surface area contributed by atoms with Crippen LogP contribution in [0.1, 0.15) is 87.3 Å². The Balaban J connectivity index is 1.41. The zero-order valence-corrected chi connectivity index (χ0v) is 16.0. The SMILES string of the molecule is O=C(C1CCCCC1)N1CCC2CC1c1cc(N3CCCCC3)ccc12. The third kappa shape index (κ3) is 2.84. The monoisotopic (exact) mass is 352 g/mol. The fourth-order valence-corrected chi connectivity index (χ4v) is 5.96. The number of fused-ring (bicyclic) bond motifs is 5. The van der Waals surface area contributed by atoms with Gasteiger partial charge in [-0.15, -0.1) is 0 Å². The lowest BCUT2D eigenvalue weighted by atomic mass is 9.87. The Labute approximate surface area is 157 Å². The van der Waals surface area contributed by atoms with E-state index in [1.54, 1.807) is 0 Å². The summed E-state index contributed by atoms with van der Waals surface area (Å²) in [7, 11) is 0. The standard InChI is InChI=1S/C23H32N2O/c26-23(17-7-3-1-4-8-17)25-14-11-18-15-22(25)21-16-19(9-10-20(18)21)24-12-5-2-6-13-24/h9-10,16-18,22H,1-8,11-15H2. The van der Waals surface area contributed by atoms with Crippen molar-refractivity contribution in [2.24, 2.45) is 5.92 Å². The highest BCUT2D eigenvalue weighted by molar-refractivity contribution is 5.80. The van der Waals surface area contributed by atoms with Crippen LogP contribution in [0, 0.1) is 5.92 Å². The molecule has 2 bridgehead atoms. The molecule has 0 spiro atoms. The molecule has 26 heavy (non-hydrogen) atoms. The maximum Gasteiger partial charge on any atom is 0.226 e. The van der Waals surface area contributed by atoms with Gasteiger partial charge in [0, 0.05) is 31.2 Å². The normalized spacial score (nSPS) is 28.9. The predicted octanol–water partition coefficient (Wildman–Crippen LogP) is 5.02. The summed E-state index contributed by atoms with van der Waals surface area (Å²) in [6.07, 6.45) is 12.4. The van der Waals surface area contributed by atoms with Crippen LogP contribution in [0.5, 0.6) is 0 Å². The van der Waals surface area contributed by atoms with E-state index in [1.807, 2.05) is 0 Å². The molecule has 3 heteroatoms. The van der Waals surface area contributed by atoms with Gasteiger partial charge in [0.2, 0.25) is 5.91 Å². The summed E-state index contributed by atoms with van der Waals surface area (Å²) >= 11 is 0. The van der Waals surface area contributed by atoms with Crippen LogP contribution in [0.4, 0.5) is 5.69 Å². The van der Waals surface area contributed by atoms with E-state index in [0.717, 1.165) is 32.2 Å². The van der Waals surface area contributed by atoms with Crippen LogP contribution in [-0.2, 0) is 4.79 Å². The van der Waals surface area contributed by atoms with Gasteiger partial charge in [-0.2, -0.15) is 0 Å². The fraction of sp³-hybridized carbons (Fsp3) is 0.696. The Morgan fingerprint density at radius 1 is 0.846 bits per heavy atom. The number of benzene rings is 1. The highest BCUT2D eigenvalue weighted by Crippen LogP contribution is 2.50. The summed E-state index contributed by atoms with van der Waals surface area (Å²) in [4.78, 5) is 18.1. The predicted molar refractivity (Wildman–Crippen MR) is 106 cm³/mol. The van der Waals surface area contributed by atoms with Crippen molar-refractivity contribution >= 4 is 11.6 Å². The van der Waals surface area contributed by atoms with Gasteiger partial charge in [0.05, 0.1) is 6.04 Å². The number of likely N-dealkylation sites (tertiary alicyclic amines) is 1. The van der Waals surface area contributed by atoms with Crippen molar-refractivity contribution in [2.45, 2.75) is 76.2 Å². The Bertz CT molecular complexity index is 673. The third-order valence-corrected chi connectivity index (χ3v) is 7.43. The number of hydrogen-bond acceptors (Lipinski definition) is 2. The van der Waals surface area contributed by atoms with Crippen LogP contribution < -0.4 is 4.90 Å². The molecule has 2 aliphatic heterocycles. The number of carbonyl (C=O) groups is 1. The quantitative estimate of drug-likeness (QED) is 0.746. The lowest BCUT2D eigenvalue weighted by molar-refractivity contribution is -0.140. The van der Waals surface area contributed by atoms with Gasteiger partial charge in [0.1, 0.15) is 0 Å². The highest BCUT2D eigenvalue weighted by atomic mass is 16.2. The van der Waals surface area contributed by atoms with Crippen LogP contribution in [-0.4, -0.2) is 30.4 Å². The molecule has 0 aromatic heterocycles. The fourth-order valence-electron chi connectivity index (χ4n) is 5.96. The minimum atomic E-state index is 0.301. The van der Waals surface area contributed by atoms with Crippen LogP contribution in [0.3, 0.4) is 0 Å². The van der Waals surface area contributed by atoms with Crippen molar-refractivity contribution in [3.63, 3.8) is 0 Å². The number of amides is 1. The second-order valence-corrected chi connectivity index (χ2v) is 8.96. The highest BCUT2D eigenvalue weighted by Gasteiger charge is 2.42. The molecule has 3 fully saturated rings. The van der Waals surface area contributed by atoms with E-state index in [9.17, 15) is 4.79 Å². The van der Waals surface area contributed by atoms with Crippen molar-refractivity contribution in [3.05, 3.63) is 29.3 Å². The summed E-state index contributed by atoms with van der Waals surface area (Å²) in [5.41, 5.74) is 4.40. The molecule has 2 atom stereocenters. The van der Waals surface area contributed by atoms with Gasteiger partial charge in [0.15, 0.2) is 0 Å². The van der Waals surface area contributed by atoms with E-state index in [1.165, 1.54) is 68.4 Å². The lowest BCUT2D eigenvalue weighted by Crippen LogP contribution is -2.41. The van der Waals surface area contributed by atoms with Crippen LogP contribution >= 0.6 is 0 Å². The van der Waals surface area contributed by atoms with Gasteiger partial charge in [-0.25, -0.2) is 0 Å². The van der Waals surface area contributed by atoms with E-state index in [0.29, 0.717) is 23.8 Å². The molecule has 1 saturated carbocycles. The summed E-state index contributed by atoms with van der Waals surface area (Å²) in [5, 5.41) is 0. The van der Waals surface area contributed by atoms with Gasteiger partial charge >= 0.3 is 0 Å². The Hall–Kier alpha value is -1.51. The van der Waals surface area contributed by atoms with Gasteiger partial charge in [0.25, 0.3) is 0 Å². The molecule has 0 N–H and O–H groups in total. The number of rotatable bonds is 2. The van der Waals surface area contributed by atoms with Crippen molar-refractivity contribution in [2.75, 3.05) is 24.5 Å². The summed E-state index contributed by atoms with van der Waals surface area (Å²) in [6, 6.07) is 7.52. The topological polar surface area (TPSA) is 23.6 Å². The second kappa shape index (κ2) is 6.90. The van der Waals surface area contributed by atoms with Gasteiger partial charge in [-0.3, -0.25) is 4.79 Å². The zero-order chi connectivity index (χ0) is 17.5. The summed E-state index contributed by atoms with van der Waals surface area (Å²) in [5.74, 6) is 1.44. The van der Waals surface area contributed by atoms with Crippen molar-refractivity contribution in [1.82, 2.24) is 4.90 Å². The molecule has 1 aromatic rings. The van der Waals surface area contributed by atoms with Crippen LogP contribution in [0.25, 0.3) is 0 Å². The maximum atomic E-state index is 13.3. The van der Waals surface area contributed by atoms with Gasteiger partial charge in [-0.05, 0) is 74.1 Å². The molecule has 5 rings (SSSR count). The van der Waals surface area contributed by atoms with E-state index in [2.05, 4.69) is 28.0 Å². The Kier molecular flexibility index (Phi) is 4.42. The molecule has 4 aliphatic rings. The van der Waals surface area contributed by atoms with Crippen molar-refractivity contribution in [3.8, 4) is 0 Å². The molecule has 0 radical (unpaired) electrons. The molecule has 2 saturated heterocycles. The average molecular weight is 353 g/mol. The van der Waals surface area contributed by atoms with Crippen molar-refractivity contribution < 1.29 is 4.79 Å². The molecule has 2 aliphatic carbocycles. The summed E-state index contributed by atoms with van der Waals surface area (Å²) in [6.45, 7) is 3.35. The van der Waals surface area contributed by atoms with Crippen LogP contribution in [0.15, 0.2) is 18.2 Å². The second-order valence-electron chi connectivity index (χ2n) is 8.96. The summed E-state index contributed by atoms with van der Waals surface area (Å²) < 4.78 is 0. The smallest absolute Gasteiger partial charge is 0.226 e. The molecular weight excluding hydrogens is 320 g/mol. The van der Waals surface area contributed by atoms with Gasteiger partial charge in [-0.1, -0.05) is 25.3 Å². The molecule has 2 heterocycles. The van der Waals surface area contributed by atoms with E-state index < -0.39 is 0 Å². The zero-order valence-electron chi connectivity index (χ0n) is 16.0. The Morgan fingerprint density at radius 2 is 1.62 bits per heavy atom. The lowest BCUT2D eigenvalue weighted by Gasteiger charge is -2.37. The molecule has 3 nitrogen and oxygen atoms in total. The van der Waals surface area contributed by atoms with E-state index in [4.69, 9.17) is 0 Å². The minimum absolute atomic E-state index is 0.301. The number of carbonyl (C=O) groups excluding carboxylic acids is 1. The maximum absolute atomic E-state index is 13.3. The molecular formula is C23H32N2O.